The number of piperidine rings is 1. The highest BCUT2D eigenvalue weighted by atomic mass is 32.2. The first-order chi connectivity index (χ1) is 27.9. The molecule has 4 aliphatic rings. The van der Waals surface area contributed by atoms with Crippen molar-refractivity contribution in [1.82, 2.24) is 24.8 Å². The summed E-state index contributed by atoms with van der Waals surface area (Å²) in [4.78, 5) is 65.3. The summed E-state index contributed by atoms with van der Waals surface area (Å²) in [7, 11) is -2.29. The average molecular weight is 816 g/mol. The van der Waals surface area contributed by atoms with Crippen LogP contribution in [0.3, 0.4) is 0 Å². The molecule has 4 amide bonds. The molecule has 4 heterocycles. The minimum absolute atomic E-state index is 0.0443. The number of hydrogen-bond acceptors (Lipinski definition) is 9. The van der Waals surface area contributed by atoms with Crippen molar-refractivity contribution in [1.29, 1.82) is 0 Å². The second-order valence-electron chi connectivity index (χ2n) is 16.7. The number of methoxy groups -OCH3 is 1. The molecule has 0 spiro atoms. The summed E-state index contributed by atoms with van der Waals surface area (Å²) in [6.45, 7) is 3.00. The second-order valence-corrected chi connectivity index (χ2v) is 18.7. The highest BCUT2D eigenvalue weighted by Gasteiger charge is 2.47. The zero-order valence-corrected chi connectivity index (χ0v) is 34.6. The summed E-state index contributed by atoms with van der Waals surface area (Å²) in [5.74, 6) is -1.15. The minimum Gasteiger partial charge on any atom is -0.497 e. The van der Waals surface area contributed by atoms with E-state index in [2.05, 4.69) is 10.0 Å². The Morgan fingerprint density at radius 3 is 2.34 bits per heavy atom. The van der Waals surface area contributed by atoms with Crippen LogP contribution in [0.4, 0.5) is 0 Å². The Morgan fingerprint density at radius 2 is 1.62 bits per heavy atom. The molecule has 1 aliphatic carbocycles. The van der Waals surface area contributed by atoms with Gasteiger partial charge >= 0.3 is 0 Å². The van der Waals surface area contributed by atoms with E-state index in [1.54, 1.807) is 14.0 Å². The van der Waals surface area contributed by atoms with Crippen molar-refractivity contribution in [3.05, 3.63) is 54.6 Å². The maximum Gasteiger partial charge on any atom is 0.258 e. The number of pyridine rings is 1. The summed E-state index contributed by atoms with van der Waals surface area (Å²) in [5, 5.41) is 3.05. The number of carbonyl (C=O) groups excluding carboxylic acids is 4. The van der Waals surface area contributed by atoms with Crippen LogP contribution in [0.2, 0.25) is 0 Å². The molecule has 3 aromatic rings. The van der Waals surface area contributed by atoms with Crippen LogP contribution in [0, 0.1) is 5.92 Å². The number of hydrogen-bond donors (Lipinski definition) is 2. The monoisotopic (exact) mass is 815 g/mol. The van der Waals surface area contributed by atoms with Gasteiger partial charge in [0.15, 0.2) is 0 Å². The SMILES string of the molecule is COc1ccc2c(O[C@@H]3C[C@H]4C(=O)N[C@@](C)(C(=O)NS(=O)(=O)C5CC5)CCCCCCCC[C@H](CC(=O)N5CCCCC5)C(=O)N4C3)cc(-c3ccccc3)nc2c1. The highest BCUT2D eigenvalue weighted by molar-refractivity contribution is 7.91. The summed E-state index contributed by atoms with van der Waals surface area (Å²) < 4.78 is 40.4. The molecule has 0 radical (unpaired) electrons. The fourth-order valence-electron chi connectivity index (χ4n) is 8.61. The molecule has 0 bridgehead atoms. The van der Waals surface area contributed by atoms with Crippen molar-refractivity contribution in [3.8, 4) is 22.8 Å². The van der Waals surface area contributed by atoms with E-state index in [0.717, 1.165) is 62.3 Å². The van der Waals surface area contributed by atoms with Crippen LogP contribution in [-0.2, 0) is 29.2 Å². The highest BCUT2D eigenvalue weighted by Crippen LogP contribution is 2.36. The number of aromatic nitrogens is 1. The largest absolute Gasteiger partial charge is 0.497 e. The van der Waals surface area contributed by atoms with Gasteiger partial charge in [-0.15, -0.1) is 0 Å². The molecule has 3 aliphatic heterocycles. The molecular weight excluding hydrogens is 759 g/mol. The Bertz CT molecular complexity index is 2090. The molecule has 1 aromatic heterocycles. The zero-order valence-electron chi connectivity index (χ0n) is 33.7. The maximum absolute atomic E-state index is 14.9. The molecule has 1 saturated carbocycles. The quantitative estimate of drug-likeness (QED) is 0.268. The molecule has 58 heavy (non-hydrogen) atoms. The van der Waals surface area contributed by atoms with Crippen LogP contribution in [-0.4, -0.2) is 96.5 Å². The van der Waals surface area contributed by atoms with Gasteiger partial charge in [-0.2, -0.15) is 0 Å². The van der Waals surface area contributed by atoms with Crippen LogP contribution >= 0.6 is 0 Å². The summed E-state index contributed by atoms with van der Waals surface area (Å²) in [6.07, 6.45) is 9.08. The molecule has 13 nitrogen and oxygen atoms in total. The van der Waals surface area contributed by atoms with E-state index in [9.17, 15) is 27.6 Å². The number of nitrogens with one attached hydrogen (secondary N) is 2. The Labute approximate surface area is 341 Å². The van der Waals surface area contributed by atoms with E-state index in [-0.39, 0.29) is 37.6 Å². The number of rotatable bonds is 9. The number of sulfonamides is 1. The van der Waals surface area contributed by atoms with Crippen molar-refractivity contribution in [3.63, 3.8) is 0 Å². The van der Waals surface area contributed by atoms with Gasteiger partial charge in [-0.1, -0.05) is 68.9 Å². The maximum atomic E-state index is 14.9. The van der Waals surface area contributed by atoms with Gasteiger partial charge in [0, 0.05) is 54.9 Å². The van der Waals surface area contributed by atoms with Crippen molar-refractivity contribution in [2.45, 2.75) is 126 Å². The Morgan fingerprint density at radius 1 is 0.914 bits per heavy atom. The number of amides is 4. The molecule has 14 heteroatoms. The molecule has 7 rings (SSSR count). The van der Waals surface area contributed by atoms with Gasteiger partial charge in [-0.3, -0.25) is 23.9 Å². The van der Waals surface area contributed by atoms with Crippen molar-refractivity contribution in [2.75, 3.05) is 26.7 Å². The minimum atomic E-state index is -3.89. The predicted octanol–water partition coefficient (Wildman–Crippen LogP) is 5.90. The van der Waals surface area contributed by atoms with Gasteiger partial charge < -0.3 is 24.6 Å². The summed E-state index contributed by atoms with van der Waals surface area (Å²) >= 11 is 0. The molecule has 2 aromatic carbocycles. The summed E-state index contributed by atoms with van der Waals surface area (Å²) in [5.41, 5.74) is 0.656. The van der Waals surface area contributed by atoms with Gasteiger partial charge in [-0.05, 0) is 64.0 Å². The first-order valence-corrected chi connectivity index (χ1v) is 22.7. The number of benzene rings is 2. The number of likely N-dealkylation sites (tertiary alicyclic amines) is 1. The third-order valence-corrected chi connectivity index (χ3v) is 14.1. The van der Waals surface area contributed by atoms with E-state index in [1.165, 1.54) is 4.90 Å². The normalized spacial score (nSPS) is 25.2. The van der Waals surface area contributed by atoms with Gasteiger partial charge in [0.05, 0.1) is 30.1 Å². The number of fused-ring (bicyclic) bond motifs is 2. The smallest absolute Gasteiger partial charge is 0.258 e. The molecule has 4 atom stereocenters. The van der Waals surface area contributed by atoms with E-state index < -0.39 is 50.7 Å². The lowest BCUT2D eigenvalue weighted by molar-refractivity contribution is -0.146. The van der Waals surface area contributed by atoms with E-state index >= 15 is 0 Å². The van der Waals surface area contributed by atoms with Crippen LogP contribution in [0.5, 0.6) is 11.5 Å². The third kappa shape index (κ3) is 9.76. The molecular formula is C44H57N5O8S. The van der Waals surface area contributed by atoms with Crippen LogP contribution < -0.4 is 19.5 Å². The fraction of sp³-hybridized carbons (Fsp3) is 0.568. The van der Waals surface area contributed by atoms with Gasteiger partial charge in [0.2, 0.25) is 27.7 Å². The molecule has 312 valence electrons. The first-order valence-electron chi connectivity index (χ1n) is 21.1. The molecule has 3 saturated heterocycles. The fourth-order valence-corrected chi connectivity index (χ4v) is 10.0. The van der Waals surface area contributed by atoms with Gasteiger partial charge in [0.25, 0.3) is 5.91 Å². The lowest BCUT2D eigenvalue weighted by Crippen LogP contribution is -2.61. The van der Waals surface area contributed by atoms with E-state index in [1.807, 2.05) is 59.5 Å². The lowest BCUT2D eigenvalue weighted by atomic mass is 9.92. The van der Waals surface area contributed by atoms with Gasteiger partial charge in [-0.25, -0.2) is 13.4 Å². The second kappa shape index (κ2) is 18.0. The van der Waals surface area contributed by atoms with Crippen molar-refractivity contribution < 1.29 is 37.1 Å². The Hall–Kier alpha value is -4.72. The Balaban J connectivity index is 1.22. The van der Waals surface area contributed by atoms with Crippen molar-refractivity contribution >= 4 is 44.6 Å². The number of nitrogens with zero attached hydrogens (tertiary/aromatic N) is 3. The van der Waals surface area contributed by atoms with Crippen LogP contribution in [0.15, 0.2) is 54.6 Å². The van der Waals surface area contributed by atoms with Gasteiger partial charge in [0.1, 0.15) is 29.2 Å². The third-order valence-electron chi connectivity index (χ3n) is 12.2. The van der Waals surface area contributed by atoms with Crippen LogP contribution in [0.1, 0.15) is 103 Å². The predicted molar refractivity (Wildman–Crippen MR) is 220 cm³/mol. The zero-order chi connectivity index (χ0) is 40.9. The first kappa shape index (κ1) is 41.4. The van der Waals surface area contributed by atoms with Crippen molar-refractivity contribution in [2.24, 2.45) is 5.92 Å². The standard InChI is InChI=1S/C44H57N5O8S/c1-44(43(53)47-58(54,55)34-19-20-34)22-12-6-4-3-5-9-17-31(25-40(50)48-23-13-8-14-24-48)42(52)49-29-33(27-38(49)41(51)46-44)57-39-28-36(30-15-10-7-11-16-30)45-37-26-32(56-2)18-21-35(37)39/h7,10-11,15-16,18,21,26,28,31,33-34,38H,3-6,8-9,12-14,17,19-20,22-25,27,29H2,1-2H3,(H,46,51)(H,47,53)/t31-,33-,38+,44-/m1/s1. The van der Waals surface area contributed by atoms with E-state index in [0.29, 0.717) is 61.5 Å². The lowest BCUT2D eigenvalue weighted by Gasteiger charge is -2.34. The number of ether oxygens (including phenoxy) is 2. The summed E-state index contributed by atoms with van der Waals surface area (Å²) in [6, 6.07) is 16.1. The number of carbonyl (C=O) groups is 4. The Kier molecular flexibility index (Phi) is 12.9. The van der Waals surface area contributed by atoms with E-state index in [4.69, 9.17) is 14.5 Å². The average Bonchev–Trinajstić information content (AvgIpc) is 4.02. The van der Waals surface area contributed by atoms with Crippen LogP contribution in [0.25, 0.3) is 22.2 Å². The molecule has 2 N–H and O–H groups in total. The molecule has 0 unspecified atom stereocenters. The molecule has 4 fully saturated rings. The topological polar surface area (TPSA) is 164 Å².